The maximum atomic E-state index is 12.1. The Kier molecular flexibility index (Phi) is 6.58. The van der Waals surface area contributed by atoms with Gasteiger partial charge in [0.2, 0.25) is 5.91 Å². The number of amides is 2. The molecule has 1 aliphatic heterocycles. The van der Waals surface area contributed by atoms with Crippen molar-refractivity contribution in [3.63, 3.8) is 0 Å². The summed E-state index contributed by atoms with van der Waals surface area (Å²) < 4.78 is 0. The number of hydrogen-bond donors (Lipinski definition) is 2. The topological polar surface area (TPSA) is 61.4 Å². The molecule has 1 fully saturated rings. The van der Waals surface area contributed by atoms with Gasteiger partial charge in [0.1, 0.15) is 0 Å². The highest BCUT2D eigenvalue weighted by Crippen LogP contribution is 2.23. The van der Waals surface area contributed by atoms with Gasteiger partial charge in [-0.25, -0.2) is 0 Å². The summed E-state index contributed by atoms with van der Waals surface area (Å²) in [6.07, 6.45) is 3.73. The number of carbonyl (C=O) groups is 2. The van der Waals surface area contributed by atoms with E-state index in [1.807, 2.05) is 24.3 Å². The van der Waals surface area contributed by atoms with E-state index in [9.17, 15) is 9.59 Å². The highest BCUT2D eigenvalue weighted by atomic mass is 35.5. The first-order chi connectivity index (χ1) is 13.0. The lowest BCUT2D eigenvalue weighted by atomic mass is 10.1. The van der Waals surface area contributed by atoms with Crippen LogP contribution in [0.5, 0.6) is 0 Å². The fraction of sp³-hybridized carbons (Fsp3) is 0.300. The van der Waals surface area contributed by atoms with Gasteiger partial charge >= 0.3 is 0 Å². The van der Waals surface area contributed by atoms with Gasteiger partial charge in [-0.2, -0.15) is 0 Å². The fourth-order valence-electron chi connectivity index (χ4n) is 3.01. The van der Waals surface area contributed by atoms with Crippen LogP contribution in [0.1, 0.15) is 29.6 Å². The zero-order valence-electron chi connectivity index (χ0n) is 14.8. The van der Waals surface area contributed by atoms with Gasteiger partial charge in [0.05, 0.1) is 16.6 Å². The summed E-state index contributed by atoms with van der Waals surface area (Å²) in [6.45, 7) is 2.02. The molecule has 27 heavy (non-hydrogen) atoms. The van der Waals surface area contributed by atoms with E-state index in [0.29, 0.717) is 21.3 Å². The fourth-order valence-corrected chi connectivity index (χ4v) is 3.31. The van der Waals surface area contributed by atoms with Crippen molar-refractivity contribution in [3.05, 3.63) is 58.1 Å². The molecule has 0 aliphatic carbocycles. The largest absolute Gasteiger partial charge is 0.372 e. The first kappa shape index (κ1) is 19.5. The maximum Gasteiger partial charge on any atom is 0.251 e. The van der Waals surface area contributed by atoms with Crippen molar-refractivity contribution in [2.45, 2.75) is 19.3 Å². The molecule has 142 valence electrons. The summed E-state index contributed by atoms with van der Waals surface area (Å²) in [4.78, 5) is 26.5. The summed E-state index contributed by atoms with van der Waals surface area (Å²) >= 11 is 11.7. The second kappa shape index (κ2) is 9.11. The molecule has 0 spiro atoms. The van der Waals surface area contributed by atoms with E-state index in [0.717, 1.165) is 13.1 Å². The minimum atomic E-state index is -0.385. The van der Waals surface area contributed by atoms with Crippen LogP contribution in [-0.2, 0) is 4.79 Å². The molecule has 2 N–H and O–H groups in total. The lowest BCUT2D eigenvalue weighted by Gasteiger charge is -2.28. The van der Waals surface area contributed by atoms with Crippen molar-refractivity contribution in [1.82, 2.24) is 5.32 Å². The van der Waals surface area contributed by atoms with Crippen LogP contribution in [0.25, 0.3) is 0 Å². The number of halogens is 2. The molecule has 0 unspecified atom stereocenters. The van der Waals surface area contributed by atoms with E-state index in [4.69, 9.17) is 23.2 Å². The van der Waals surface area contributed by atoms with Crippen molar-refractivity contribution in [2.24, 2.45) is 0 Å². The SMILES string of the molecule is O=C(CNC(=O)c1ccc(Cl)c(Cl)c1)Nc1ccc(N2CCCCC2)cc1. The minimum Gasteiger partial charge on any atom is -0.372 e. The Hall–Kier alpha value is -2.24. The third-order valence-electron chi connectivity index (χ3n) is 4.46. The van der Waals surface area contributed by atoms with Crippen LogP contribution in [-0.4, -0.2) is 31.4 Å². The second-order valence-corrected chi connectivity index (χ2v) is 7.27. The van der Waals surface area contributed by atoms with E-state index < -0.39 is 0 Å². The van der Waals surface area contributed by atoms with Crippen molar-refractivity contribution in [3.8, 4) is 0 Å². The van der Waals surface area contributed by atoms with Crippen molar-refractivity contribution in [1.29, 1.82) is 0 Å². The Balaban J connectivity index is 1.50. The summed E-state index contributed by atoms with van der Waals surface area (Å²) in [5.74, 6) is -0.682. The van der Waals surface area contributed by atoms with E-state index in [2.05, 4.69) is 15.5 Å². The summed E-state index contributed by atoms with van der Waals surface area (Å²) in [5, 5.41) is 6.02. The number of nitrogens with one attached hydrogen (secondary N) is 2. The first-order valence-corrected chi connectivity index (χ1v) is 9.66. The number of rotatable bonds is 5. The molecule has 0 bridgehead atoms. The molecule has 0 saturated carbocycles. The van der Waals surface area contributed by atoms with Gasteiger partial charge in [-0.15, -0.1) is 0 Å². The Morgan fingerprint density at radius 1 is 0.926 bits per heavy atom. The molecule has 2 aromatic carbocycles. The molecule has 0 aromatic heterocycles. The monoisotopic (exact) mass is 405 g/mol. The molecule has 5 nitrogen and oxygen atoms in total. The average Bonchev–Trinajstić information content (AvgIpc) is 2.69. The standard InChI is InChI=1S/C20H21Cl2N3O2/c21-17-9-4-14(12-18(17)22)20(27)23-13-19(26)24-15-5-7-16(8-6-15)25-10-2-1-3-11-25/h4-9,12H,1-3,10-11,13H2,(H,23,27)(H,24,26). The Morgan fingerprint density at radius 2 is 1.63 bits per heavy atom. The Bertz CT molecular complexity index is 818. The van der Waals surface area contributed by atoms with E-state index in [1.165, 1.54) is 31.0 Å². The third-order valence-corrected chi connectivity index (χ3v) is 5.20. The molecular weight excluding hydrogens is 385 g/mol. The molecule has 1 heterocycles. The van der Waals surface area contributed by atoms with Gasteiger partial charge in [0.15, 0.2) is 0 Å². The van der Waals surface area contributed by atoms with Gasteiger partial charge in [-0.1, -0.05) is 23.2 Å². The Labute approximate surface area is 168 Å². The average molecular weight is 406 g/mol. The molecule has 2 aromatic rings. The number of benzene rings is 2. The van der Waals surface area contributed by atoms with Gasteiger partial charge < -0.3 is 15.5 Å². The number of anilines is 2. The van der Waals surface area contributed by atoms with Crippen LogP contribution in [0, 0.1) is 0 Å². The lowest BCUT2D eigenvalue weighted by molar-refractivity contribution is -0.115. The second-order valence-electron chi connectivity index (χ2n) is 6.45. The van der Waals surface area contributed by atoms with Crippen molar-refractivity contribution >= 4 is 46.4 Å². The van der Waals surface area contributed by atoms with Gasteiger partial charge in [0.25, 0.3) is 5.91 Å². The number of carbonyl (C=O) groups excluding carboxylic acids is 2. The van der Waals surface area contributed by atoms with Crippen LogP contribution in [0.4, 0.5) is 11.4 Å². The molecule has 0 radical (unpaired) electrons. The van der Waals surface area contributed by atoms with E-state index in [-0.39, 0.29) is 18.4 Å². The third kappa shape index (κ3) is 5.37. The number of piperidine rings is 1. The van der Waals surface area contributed by atoms with E-state index >= 15 is 0 Å². The van der Waals surface area contributed by atoms with E-state index in [1.54, 1.807) is 12.1 Å². The van der Waals surface area contributed by atoms with Gasteiger partial charge in [-0.3, -0.25) is 9.59 Å². The minimum absolute atomic E-state index is 0.132. The molecular formula is C20H21Cl2N3O2. The summed E-state index contributed by atoms with van der Waals surface area (Å²) in [7, 11) is 0. The maximum absolute atomic E-state index is 12.1. The van der Waals surface area contributed by atoms with Crippen LogP contribution >= 0.6 is 23.2 Å². The molecule has 7 heteroatoms. The highest BCUT2D eigenvalue weighted by molar-refractivity contribution is 6.42. The summed E-state index contributed by atoms with van der Waals surface area (Å²) in [5.41, 5.74) is 2.22. The predicted molar refractivity (Wildman–Crippen MR) is 110 cm³/mol. The lowest BCUT2D eigenvalue weighted by Crippen LogP contribution is -2.32. The molecule has 2 amide bonds. The summed E-state index contributed by atoms with van der Waals surface area (Å²) in [6, 6.07) is 12.3. The predicted octanol–water partition coefficient (Wildman–Crippen LogP) is 4.35. The number of nitrogens with zero attached hydrogens (tertiary/aromatic N) is 1. The van der Waals surface area contributed by atoms with Crippen LogP contribution in [0.15, 0.2) is 42.5 Å². The molecule has 0 atom stereocenters. The zero-order chi connectivity index (χ0) is 19.2. The molecule has 1 saturated heterocycles. The van der Waals surface area contributed by atoms with Crippen LogP contribution in [0.3, 0.4) is 0 Å². The van der Waals surface area contributed by atoms with Crippen molar-refractivity contribution in [2.75, 3.05) is 29.9 Å². The normalized spacial score (nSPS) is 13.9. The van der Waals surface area contributed by atoms with Crippen molar-refractivity contribution < 1.29 is 9.59 Å². The van der Waals surface area contributed by atoms with Crippen LogP contribution < -0.4 is 15.5 Å². The smallest absolute Gasteiger partial charge is 0.251 e. The Morgan fingerprint density at radius 3 is 2.30 bits per heavy atom. The molecule has 1 aliphatic rings. The zero-order valence-corrected chi connectivity index (χ0v) is 16.3. The quantitative estimate of drug-likeness (QED) is 0.776. The van der Waals surface area contributed by atoms with Gasteiger partial charge in [-0.05, 0) is 61.7 Å². The highest BCUT2D eigenvalue weighted by Gasteiger charge is 2.12. The number of hydrogen-bond acceptors (Lipinski definition) is 3. The first-order valence-electron chi connectivity index (χ1n) is 8.91. The van der Waals surface area contributed by atoms with Crippen LogP contribution in [0.2, 0.25) is 10.0 Å². The van der Waals surface area contributed by atoms with Gasteiger partial charge in [0, 0.05) is 30.0 Å². The molecule has 3 rings (SSSR count).